The van der Waals surface area contributed by atoms with Gasteiger partial charge in [-0.05, 0) is 62.2 Å². The first kappa shape index (κ1) is 22.7. The Hall–Kier alpha value is -3.93. The quantitative estimate of drug-likeness (QED) is 0.301. The molecule has 0 aliphatic carbocycles. The second-order valence-corrected chi connectivity index (χ2v) is 7.26. The summed E-state index contributed by atoms with van der Waals surface area (Å²) < 4.78 is 10.7. The Morgan fingerprint density at radius 3 is 2.38 bits per heavy atom. The van der Waals surface area contributed by atoms with Crippen molar-refractivity contribution in [1.82, 2.24) is 4.98 Å². The van der Waals surface area contributed by atoms with Gasteiger partial charge in [-0.2, -0.15) is 0 Å². The van der Waals surface area contributed by atoms with Gasteiger partial charge in [0.05, 0.1) is 18.3 Å². The molecule has 2 aromatic carbocycles. The number of benzene rings is 2. The lowest BCUT2D eigenvalue weighted by Crippen LogP contribution is -2.15. The Morgan fingerprint density at radius 1 is 1.00 bits per heavy atom. The molecule has 3 aromatic rings. The van der Waals surface area contributed by atoms with Crippen LogP contribution >= 0.6 is 0 Å². The van der Waals surface area contributed by atoms with Gasteiger partial charge in [0.2, 0.25) is 0 Å². The highest BCUT2D eigenvalue weighted by Gasteiger charge is 2.15. The lowest BCUT2D eigenvalue weighted by Gasteiger charge is -2.11. The summed E-state index contributed by atoms with van der Waals surface area (Å²) in [7, 11) is 0. The van der Waals surface area contributed by atoms with E-state index in [9.17, 15) is 9.59 Å². The van der Waals surface area contributed by atoms with Crippen molar-refractivity contribution in [3.63, 3.8) is 0 Å². The lowest BCUT2D eigenvalue weighted by molar-refractivity contribution is -0.111. The van der Waals surface area contributed by atoms with Crippen molar-refractivity contribution in [1.29, 1.82) is 0 Å². The topological polar surface area (TPSA) is 77.5 Å². The highest BCUT2D eigenvalue weighted by Crippen LogP contribution is 2.22. The largest absolute Gasteiger partial charge is 0.491 e. The molecular formula is C26H26N2O4. The predicted molar refractivity (Wildman–Crippen MR) is 125 cm³/mol. The molecule has 0 bridgehead atoms. The Balaban J connectivity index is 1.88. The predicted octanol–water partition coefficient (Wildman–Crippen LogP) is 5.22. The van der Waals surface area contributed by atoms with Crippen molar-refractivity contribution in [2.75, 3.05) is 11.9 Å². The molecule has 3 rings (SSSR count). The summed E-state index contributed by atoms with van der Waals surface area (Å²) in [5, 5.41) is 2.78. The molecule has 1 amide bonds. The molecule has 32 heavy (non-hydrogen) atoms. The van der Waals surface area contributed by atoms with Gasteiger partial charge in [0, 0.05) is 11.8 Å². The molecule has 1 N–H and O–H groups in total. The number of hydrogen-bond donors (Lipinski definition) is 1. The first-order valence-electron chi connectivity index (χ1n) is 10.4. The van der Waals surface area contributed by atoms with Crippen molar-refractivity contribution in [2.45, 2.75) is 26.9 Å². The fraction of sp³-hybridized carbons (Fsp3) is 0.192. The van der Waals surface area contributed by atoms with Crippen molar-refractivity contribution in [2.24, 2.45) is 0 Å². The molecular weight excluding hydrogens is 404 g/mol. The molecule has 0 unspecified atom stereocenters. The zero-order valence-corrected chi connectivity index (χ0v) is 18.4. The van der Waals surface area contributed by atoms with Gasteiger partial charge >= 0.3 is 5.97 Å². The number of hydrogen-bond acceptors (Lipinski definition) is 5. The van der Waals surface area contributed by atoms with E-state index in [-0.39, 0.29) is 24.4 Å². The van der Waals surface area contributed by atoms with Crippen LogP contribution in [-0.4, -0.2) is 29.6 Å². The monoisotopic (exact) mass is 430 g/mol. The first-order chi connectivity index (χ1) is 15.5. The SMILES string of the molecule is CCOC(=O)c1ccnc(NC(=O)/C(=C/c2ccc(OC(C)C)cc2)c2ccccc2)c1. The minimum absolute atomic E-state index is 0.0833. The molecule has 6 nitrogen and oxygen atoms in total. The van der Waals surface area contributed by atoms with E-state index in [0.29, 0.717) is 11.1 Å². The number of aromatic nitrogens is 1. The van der Waals surface area contributed by atoms with Crippen LogP contribution in [0.1, 0.15) is 42.3 Å². The molecule has 1 aromatic heterocycles. The zero-order chi connectivity index (χ0) is 22.9. The summed E-state index contributed by atoms with van der Waals surface area (Å²) in [5.41, 5.74) is 2.40. The number of amides is 1. The van der Waals surface area contributed by atoms with Gasteiger partial charge in [-0.25, -0.2) is 9.78 Å². The third-order valence-electron chi connectivity index (χ3n) is 4.40. The van der Waals surface area contributed by atoms with Crippen molar-refractivity contribution in [3.05, 3.63) is 89.6 Å². The van der Waals surface area contributed by atoms with E-state index < -0.39 is 5.97 Å². The average molecular weight is 431 g/mol. The fourth-order valence-corrected chi connectivity index (χ4v) is 3.00. The van der Waals surface area contributed by atoms with E-state index in [1.54, 1.807) is 19.1 Å². The number of rotatable bonds is 8. The number of anilines is 1. The number of pyridine rings is 1. The number of nitrogens with zero attached hydrogens (tertiary/aromatic N) is 1. The van der Waals surface area contributed by atoms with E-state index in [2.05, 4.69) is 10.3 Å². The second-order valence-electron chi connectivity index (χ2n) is 7.26. The van der Waals surface area contributed by atoms with Gasteiger partial charge in [-0.15, -0.1) is 0 Å². The van der Waals surface area contributed by atoms with Gasteiger partial charge in [0.15, 0.2) is 0 Å². The summed E-state index contributed by atoms with van der Waals surface area (Å²) in [6, 6.07) is 19.9. The molecule has 0 aliphatic rings. The summed E-state index contributed by atoms with van der Waals surface area (Å²) in [6.07, 6.45) is 3.35. The fourth-order valence-electron chi connectivity index (χ4n) is 3.00. The van der Waals surface area contributed by atoms with Crippen LogP contribution in [0, 0.1) is 0 Å². The minimum Gasteiger partial charge on any atom is -0.491 e. The number of ether oxygens (including phenoxy) is 2. The van der Waals surface area contributed by atoms with Crippen LogP contribution < -0.4 is 10.1 Å². The summed E-state index contributed by atoms with van der Waals surface area (Å²) in [5.74, 6) is 0.228. The van der Waals surface area contributed by atoms with Crippen LogP contribution in [0.3, 0.4) is 0 Å². The van der Waals surface area contributed by atoms with Crippen molar-refractivity contribution < 1.29 is 19.1 Å². The minimum atomic E-state index is -0.465. The molecule has 0 radical (unpaired) electrons. The van der Waals surface area contributed by atoms with Gasteiger partial charge in [0.1, 0.15) is 11.6 Å². The van der Waals surface area contributed by atoms with Crippen LogP contribution in [0.15, 0.2) is 72.9 Å². The van der Waals surface area contributed by atoms with E-state index in [4.69, 9.17) is 9.47 Å². The van der Waals surface area contributed by atoms with Crippen molar-refractivity contribution in [3.8, 4) is 5.75 Å². The standard InChI is InChI=1S/C26H26N2O4/c1-4-31-26(30)21-14-15-27-24(17-21)28-25(29)23(20-8-6-5-7-9-20)16-19-10-12-22(13-11-19)32-18(2)3/h5-18H,4H2,1-3H3,(H,27,28,29)/b23-16+. The van der Waals surface area contributed by atoms with Crippen LogP contribution in [0.2, 0.25) is 0 Å². The molecule has 0 saturated carbocycles. The zero-order valence-electron chi connectivity index (χ0n) is 18.4. The summed E-state index contributed by atoms with van der Waals surface area (Å²) >= 11 is 0. The molecule has 1 heterocycles. The van der Waals surface area contributed by atoms with Crippen LogP contribution in [0.5, 0.6) is 5.75 Å². The van der Waals surface area contributed by atoms with E-state index in [1.807, 2.05) is 68.4 Å². The Morgan fingerprint density at radius 2 is 1.72 bits per heavy atom. The van der Waals surface area contributed by atoms with Crippen LogP contribution in [-0.2, 0) is 9.53 Å². The smallest absolute Gasteiger partial charge is 0.338 e. The Labute approximate surface area is 187 Å². The van der Waals surface area contributed by atoms with Crippen LogP contribution in [0.4, 0.5) is 5.82 Å². The summed E-state index contributed by atoms with van der Waals surface area (Å²) in [4.78, 5) is 29.3. The van der Waals surface area contributed by atoms with Gasteiger partial charge in [0.25, 0.3) is 5.91 Å². The van der Waals surface area contributed by atoms with Gasteiger partial charge in [-0.1, -0.05) is 42.5 Å². The molecule has 0 saturated heterocycles. The van der Waals surface area contributed by atoms with Crippen molar-refractivity contribution >= 4 is 29.3 Å². The third-order valence-corrected chi connectivity index (χ3v) is 4.40. The molecule has 0 spiro atoms. The Kier molecular flexibility index (Phi) is 7.75. The number of nitrogens with one attached hydrogen (secondary N) is 1. The van der Waals surface area contributed by atoms with E-state index in [1.165, 1.54) is 12.3 Å². The molecule has 0 atom stereocenters. The van der Waals surface area contributed by atoms with E-state index >= 15 is 0 Å². The van der Waals surface area contributed by atoms with Crippen LogP contribution in [0.25, 0.3) is 11.6 Å². The maximum Gasteiger partial charge on any atom is 0.338 e. The number of esters is 1. The van der Waals surface area contributed by atoms with Gasteiger partial charge in [-0.3, -0.25) is 4.79 Å². The number of carbonyl (C=O) groups excluding carboxylic acids is 2. The lowest BCUT2D eigenvalue weighted by atomic mass is 10.0. The highest BCUT2D eigenvalue weighted by molar-refractivity contribution is 6.29. The molecule has 0 aliphatic heterocycles. The van der Waals surface area contributed by atoms with E-state index in [0.717, 1.165) is 16.9 Å². The van der Waals surface area contributed by atoms with Gasteiger partial charge < -0.3 is 14.8 Å². The Bertz CT molecular complexity index is 1090. The maximum atomic E-state index is 13.2. The normalized spacial score (nSPS) is 11.2. The second kappa shape index (κ2) is 10.9. The first-order valence-corrected chi connectivity index (χ1v) is 10.4. The average Bonchev–Trinajstić information content (AvgIpc) is 2.79. The third kappa shape index (κ3) is 6.28. The summed E-state index contributed by atoms with van der Waals surface area (Å²) in [6.45, 7) is 5.94. The highest BCUT2D eigenvalue weighted by atomic mass is 16.5. The molecule has 6 heteroatoms. The molecule has 0 fully saturated rings. The maximum absolute atomic E-state index is 13.2. The number of carbonyl (C=O) groups is 2. The molecule has 164 valence electrons.